The third-order valence-corrected chi connectivity index (χ3v) is 2.76. The Labute approximate surface area is 122 Å². The highest BCUT2D eigenvalue weighted by Gasteiger charge is 2.10. The number of ether oxygens (including phenoxy) is 1. The fourth-order valence-corrected chi connectivity index (χ4v) is 1.82. The molecule has 110 valence electrons. The largest absolute Gasteiger partial charge is 0.484 e. The molecule has 0 radical (unpaired) electrons. The summed E-state index contributed by atoms with van der Waals surface area (Å²) in [5.74, 6) is 6.25. The first-order valence-corrected chi connectivity index (χ1v) is 6.61. The van der Waals surface area contributed by atoms with E-state index >= 15 is 0 Å². The Morgan fingerprint density at radius 3 is 2.95 bits per heavy atom. The van der Waals surface area contributed by atoms with Gasteiger partial charge in [-0.1, -0.05) is 11.8 Å². The first-order valence-electron chi connectivity index (χ1n) is 6.61. The first-order chi connectivity index (χ1) is 10.1. The zero-order valence-corrected chi connectivity index (χ0v) is 12.0. The van der Waals surface area contributed by atoms with Crippen LogP contribution in [0, 0.1) is 17.7 Å². The summed E-state index contributed by atoms with van der Waals surface area (Å²) >= 11 is 0. The molecule has 6 heteroatoms. The number of rotatable bonds is 4. The van der Waals surface area contributed by atoms with Gasteiger partial charge in [-0.15, -0.1) is 0 Å². The fraction of sp³-hybridized carbons (Fsp3) is 0.333. The van der Waals surface area contributed by atoms with Gasteiger partial charge in [0.1, 0.15) is 24.5 Å². The van der Waals surface area contributed by atoms with Gasteiger partial charge < -0.3 is 10.5 Å². The average Bonchev–Trinajstić information content (AvgIpc) is 2.92. The zero-order valence-electron chi connectivity index (χ0n) is 12.0. The van der Waals surface area contributed by atoms with Crippen molar-refractivity contribution < 1.29 is 9.13 Å². The molecule has 5 nitrogen and oxygen atoms in total. The van der Waals surface area contributed by atoms with E-state index < -0.39 is 0 Å². The van der Waals surface area contributed by atoms with Crippen molar-refractivity contribution in [2.75, 3.05) is 6.54 Å². The Morgan fingerprint density at radius 1 is 1.43 bits per heavy atom. The van der Waals surface area contributed by atoms with Gasteiger partial charge in [0, 0.05) is 12.1 Å². The van der Waals surface area contributed by atoms with Crippen molar-refractivity contribution in [1.29, 1.82) is 0 Å². The van der Waals surface area contributed by atoms with Crippen LogP contribution in [-0.2, 0) is 6.61 Å². The van der Waals surface area contributed by atoms with Gasteiger partial charge in [-0.05, 0) is 26.0 Å². The highest BCUT2D eigenvalue weighted by Crippen LogP contribution is 2.20. The molecular formula is C15H17FN4O. The first kappa shape index (κ1) is 15.0. The molecule has 0 aliphatic heterocycles. The third-order valence-electron chi connectivity index (χ3n) is 2.76. The van der Waals surface area contributed by atoms with E-state index in [2.05, 4.69) is 21.9 Å². The Morgan fingerprint density at radius 2 is 2.24 bits per heavy atom. The second kappa shape index (κ2) is 6.86. The van der Waals surface area contributed by atoms with Crippen molar-refractivity contribution >= 4 is 0 Å². The van der Waals surface area contributed by atoms with E-state index in [4.69, 9.17) is 10.5 Å². The lowest BCUT2D eigenvalue weighted by Crippen LogP contribution is -2.11. The maximum Gasteiger partial charge on any atom is 0.165 e. The van der Waals surface area contributed by atoms with Crippen LogP contribution in [0.2, 0.25) is 0 Å². The topological polar surface area (TPSA) is 66.0 Å². The lowest BCUT2D eigenvalue weighted by atomic mass is 10.2. The van der Waals surface area contributed by atoms with Crippen molar-refractivity contribution in [2.45, 2.75) is 26.5 Å². The number of hydrogen-bond donors (Lipinski definition) is 1. The molecule has 0 atom stereocenters. The molecule has 1 aromatic carbocycles. The number of nitrogens with zero attached hydrogens (tertiary/aromatic N) is 3. The van der Waals surface area contributed by atoms with Crippen molar-refractivity contribution in [3.05, 3.63) is 41.7 Å². The molecule has 0 aliphatic rings. The summed E-state index contributed by atoms with van der Waals surface area (Å²) in [6.07, 6.45) is 1.47. The van der Waals surface area contributed by atoms with Gasteiger partial charge in [0.15, 0.2) is 5.82 Å². The third kappa shape index (κ3) is 3.80. The molecule has 1 aromatic heterocycles. The Bertz CT molecular complexity index is 670. The van der Waals surface area contributed by atoms with Gasteiger partial charge in [0.25, 0.3) is 0 Å². The minimum Gasteiger partial charge on any atom is -0.484 e. The molecule has 2 N–H and O–H groups in total. The van der Waals surface area contributed by atoms with Crippen LogP contribution in [0.1, 0.15) is 31.3 Å². The molecule has 0 fully saturated rings. The van der Waals surface area contributed by atoms with E-state index in [0.29, 0.717) is 17.1 Å². The SMILES string of the molecule is CC(C)n1ncnc1COc1cc(F)ccc1C#CCN. The molecule has 0 amide bonds. The summed E-state index contributed by atoms with van der Waals surface area (Å²) in [6.45, 7) is 4.43. The summed E-state index contributed by atoms with van der Waals surface area (Å²) in [4.78, 5) is 4.14. The van der Waals surface area contributed by atoms with E-state index in [1.165, 1.54) is 18.5 Å². The zero-order chi connectivity index (χ0) is 15.2. The van der Waals surface area contributed by atoms with Crippen molar-refractivity contribution in [3.63, 3.8) is 0 Å². The van der Waals surface area contributed by atoms with Crippen LogP contribution in [0.15, 0.2) is 24.5 Å². The van der Waals surface area contributed by atoms with E-state index in [-0.39, 0.29) is 25.0 Å². The molecule has 0 saturated heterocycles. The summed E-state index contributed by atoms with van der Waals surface area (Å²) < 4.78 is 20.8. The van der Waals surface area contributed by atoms with Crippen LogP contribution in [0.3, 0.4) is 0 Å². The molecule has 0 saturated carbocycles. The summed E-state index contributed by atoms with van der Waals surface area (Å²) in [7, 11) is 0. The normalized spacial score (nSPS) is 10.3. The number of halogens is 1. The van der Waals surface area contributed by atoms with Crippen molar-refractivity contribution in [1.82, 2.24) is 14.8 Å². The lowest BCUT2D eigenvalue weighted by molar-refractivity contribution is 0.280. The number of aromatic nitrogens is 3. The molecule has 0 unspecified atom stereocenters. The Kier molecular flexibility index (Phi) is 4.90. The van der Waals surface area contributed by atoms with Crippen LogP contribution < -0.4 is 10.5 Å². The lowest BCUT2D eigenvalue weighted by Gasteiger charge is -2.11. The maximum absolute atomic E-state index is 13.4. The van der Waals surface area contributed by atoms with Gasteiger partial charge >= 0.3 is 0 Å². The molecule has 0 bridgehead atoms. The standard InChI is InChI=1S/C15H17FN4O/c1-11(2)20-15(18-10-19-20)9-21-14-8-13(16)6-5-12(14)4-3-7-17/h5-6,8,10-11H,7,9,17H2,1-2H3. The molecule has 2 aromatic rings. The van der Waals surface area contributed by atoms with E-state index in [9.17, 15) is 4.39 Å². The molecular weight excluding hydrogens is 271 g/mol. The van der Waals surface area contributed by atoms with E-state index in [0.717, 1.165) is 0 Å². The minimum absolute atomic E-state index is 0.176. The van der Waals surface area contributed by atoms with Crippen LogP contribution in [0.5, 0.6) is 5.75 Å². The van der Waals surface area contributed by atoms with Crippen molar-refractivity contribution in [3.8, 4) is 17.6 Å². The number of hydrogen-bond acceptors (Lipinski definition) is 4. The smallest absolute Gasteiger partial charge is 0.165 e. The quantitative estimate of drug-likeness (QED) is 0.872. The van der Waals surface area contributed by atoms with Crippen LogP contribution in [-0.4, -0.2) is 21.3 Å². The number of benzene rings is 1. The summed E-state index contributed by atoms with van der Waals surface area (Å²) in [5, 5.41) is 4.12. The van der Waals surface area contributed by atoms with E-state index in [1.807, 2.05) is 13.8 Å². The fourth-order valence-electron chi connectivity index (χ4n) is 1.82. The predicted molar refractivity (Wildman–Crippen MR) is 77.1 cm³/mol. The Balaban J connectivity index is 2.19. The van der Waals surface area contributed by atoms with Gasteiger partial charge in [-0.3, -0.25) is 0 Å². The molecule has 0 aliphatic carbocycles. The minimum atomic E-state index is -0.381. The second-order valence-corrected chi connectivity index (χ2v) is 4.65. The maximum atomic E-state index is 13.4. The Hall–Kier alpha value is -2.39. The molecule has 0 spiro atoms. The van der Waals surface area contributed by atoms with Crippen LogP contribution >= 0.6 is 0 Å². The van der Waals surface area contributed by atoms with Crippen LogP contribution in [0.25, 0.3) is 0 Å². The van der Waals surface area contributed by atoms with Gasteiger partial charge in [-0.25, -0.2) is 14.1 Å². The van der Waals surface area contributed by atoms with Gasteiger partial charge in [0.2, 0.25) is 0 Å². The van der Waals surface area contributed by atoms with Crippen molar-refractivity contribution in [2.24, 2.45) is 5.73 Å². The van der Waals surface area contributed by atoms with Gasteiger partial charge in [0.05, 0.1) is 12.1 Å². The van der Waals surface area contributed by atoms with Crippen LogP contribution in [0.4, 0.5) is 4.39 Å². The predicted octanol–water partition coefficient (Wildman–Crippen LogP) is 1.89. The number of nitrogens with two attached hydrogens (primary N) is 1. The monoisotopic (exact) mass is 288 g/mol. The highest BCUT2D eigenvalue weighted by molar-refractivity contribution is 5.46. The molecule has 1 heterocycles. The summed E-state index contributed by atoms with van der Waals surface area (Å²) in [6, 6.07) is 4.39. The molecule has 21 heavy (non-hydrogen) atoms. The second-order valence-electron chi connectivity index (χ2n) is 4.65. The summed E-state index contributed by atoms with van der Waals surface area (Å²) in [5.41, 5.74) is 5.95. The van der Waals surface area contributed by atoms with Gasteiger partial charge in [-0.2, -0.15) is 5.10 Å². The highest BCUT2D eigenvalue weighted by atomic mass is 19.1. The molecule has 2 rings (SSSR count). The average molecular weight is 288 g/mol. The van der Waals surface area contributed by atoms with E-state index in [1.54, 1.807) is 10.7 Å².